The summed E-state index contributed by atoms with van der Waals surface area (Å²) in [6, 6.07) is 121. The van der Waals surface area contributed by atoms with Gasteiger partial charge in [0, 0.05) is 64.9 Å². The zero-order valence-corrected chi connectivity index (χ0v) is 52.2. The van der Waals surface area contributed by atoms with Crippen LogP contribution in [0.5, 0.6) is 0 Å². The van der Waals surface area contributed by atoms with Crippen LogP contribution in [0.3, 0.4) is 0 Å². The van der Waals surface area contributed by atoms with E-state index in [1.54, 1.807) is 0 Å². The fraction of sp³-hybridized carbons (Fsp3) is 0. The number of para-hydroxylation sites is 4. The molecule has 0 atom stereocenters. The van der Waals surface area contributed by atoms with E-state index >= 15 is 0 Å². The third kappa shape index (κ3) is 10.1. The lowest BCUT2D eigenvalue weighted by atomic mass is 9.96. The standard InChI is InChI=1S/C88H56N4O2S/c1-2-17-57(18-3-1)67-48-54-78-83(56-67)94-88(90-78)65-41-35-60(36-42-65)72-24-8-11-30-79(72)91(70-53-43-58-19-4-5-21-66(58)55-70)68-49-44-62(45-50-68)74-26-16-34-84-85(74)76-28-15-27-75(86(76)95-84)63-46-51-69(52-47-63)92(81-32-14-22-59-20-6-7-23-71(59)81)80-31-12-9-25-73(80)61-37-39-64(40-38-61)87-89-77-29-10-13-33-82(77)93-87/h1-56H. The average Bonchev–Trinajstić information content (AvgIpc) is 1.54. The molecule has 0 saturated carbocycles. The van der Waals surface area contributed by atoms with Crippen LogP contribution >= 0.6 is 11.3 Å². The van der Waals surface area contributed by atoms with E-state index in [9.17, 15) is 0 Å². The number of anilines is 6. The number of nitrogens with zero attached hydrogens (tertiary/aromatic N) is 4. The summed E-state index contributed by atoms with van der Waals surface area (Å²) in [4.78, 5) is 14.5. The summed E-state index contributed by atoms with van der Waals surface area (Å²) in [6.45, 7) is 0. The molecule has 0 aliphatic rings. The molecule has 95 heavy (non-hydrogen) atoms. The van der Waals surface area contributed by atoms with Crippen LogP contribution in [0.1, 0.15) is 0 Å². The zero-order valence-electron chi connectivity index (χ0n) is 51.3. The third-order valence-corrected chi connectivity index (χ3v) is 19.6. The monoisotopic (exact) mass is 1230 g/mol. The molecule has 446 valence electrons. The summed E-state index contributed by atoms with van der Waals surface area (Å²) in [5, 5.41) is 7.22. The van der Waals surface area contributed by atoms with Crippen molar-refractivity contribution in [2.45, 2.75) is 0 Å². The third-order valence-electron chi connectivity index (χ3n) is 18.4. The van der Waals surface area contributed by atoms with Gasteiger partial charge in [0.15, 0.2) is 11.2 Å². The predicted octanol–water partition coefficient (Wildman–Crippen LogP) is 25.3. The minimum atomic E-state index is 0.595. The highest BCUT2D eigenvalue weighted by Crippen LogP contribution is 2.49. The van der Waals surface area contributed by atoms with Crippen molar-refractivity contribution in [3.05, 3.63) is 340 Å². The van der Waals surface area contributed by atoms with Crippen LogP contribution in [-0.4, -0.2) is 9.97 Å². The summed E-state index contributed by atoms with van der Waals surface area (Å²) in [5.74, 6) is 1.20. The maximum Gasteiger partial charge on any atom is 0.227 e. The van der Waals surface area contributed by atoms with Crippen molar-refractivity contribution < 1.29 is 8.83 Å². The first-order valence-electron chi connectivity index (χ1n) is 32.0. The van der Waals surface area contributed by atoms with Crippen molar-refractivity contribution in [2.24, 2.45) is 0 Å². The van der Waals surface area contributed by atoms with Crippen LogP contribution in [-0.2, 0) is 0 Å². The molecule has 0 N–H and O–H groups in total. The Morgan fingerprint density at radius 2 is 0.737 bits per heavy atom. The Labute approximate surface area is 552 Å². The maximum absolute atomic E-state index is 6.43. The van der Waals surface area contributed by atoms with Crippen LogP contribution < -0.4 is 9.80 Å². The fourth-order valence-corrected chi connectivity index (χ4v) is 15.0. The van der Waals surface area contributed by atoms with Gasteiger partial charge in [0.2, 0.25) is 11.8 Å². The second-order valence-electron chi connectivity index (χ2n) is 24.0. The molecule has 15 aromatic carbocycles. The maximum atomic E-state index is 6.43. The van der Waals surface area contributed by atoms with E-state index in [2.05, 4.69) is 313 Å². The molecule has 0 unspecified atom stereocenters. The Bertz CT molecular complexity index is 5870. The largest absolute Gasteiger partial charge is 0.436 e. The molecule has 0 bridgehead atoms. The van der Waals surface area contributed by atoms with Crippen LogP contribution in [0.25, 0.3) is 142 Å². The van der Waals surface area contributed by atoms with Gasteiger partial charge >= 0.3 is 0 Å². The molecule has 18 aromatic rings. The summed E-state index contributed by atoms with van der Waals surface area (Å²) < 4.78 is 15.1. The lowest BCUT2D eigenvalue weighted by Gasteiger charge is -2.29. The second kappa shape index (κ2) is 23.4. The van der Waals surface area contributed by atoms with Crippen molar-refractivity contribution in [1.29, 1.82) is 0 Å². The van der Waals surface area contributed by atoms with Crippen LogP contribution in [0.4, 0.5) is 34.1 Å². The normalized spacial score (nSPS) is 11.6. The Kier molecular flexibility index (Phi) is 13.6. The topological polar surface area (TPSA) is 58.5 Å². The van der Waals surface area contributed by atoms with Crippen LogP contribution in [0.15, 0.2) is 349 Å². The molecule has 0 saturated heterocycles. The van der Waals surface area contributed by atoms with Gasteiger partial charge in [-0.3, -0.25) is 0 Å². The van der Waals surface area contributed by atoms with Crippen LogP contribution in [0.2, 0.25) is 0 Å². The minimum Gasteiger partial charge on any atom is -0.436 e. The number of thiophene rings is 1. The number of rotatable bonds is 13. The summed E-state index contributed by atoms with van der Waals surface area (Å²) in [7, 11) is 0. The van der Waals surface area contributed by atoms with E-state index in [0.29, 0.717) is 11.8 Å². The lowest BCUT2D eigenvalue weighted by molar-refractivity contribution is 0.619. The number of aromatic nitrogens is 2. The van der Waals surface area contributed by atoms with E-state index in [-0.39, 0.29) is 0 Å². The Hall–Kier alpha value is -12.4. The van der Waals surface area contributed by atoms with Crippen molar-refractivity contribution in [1.82, 2.24) is 9.97 Å². The molecule has 0 aliphatic carbocycles. The summed E-state index contributed by atoms with van der Waals surface area (Å²) in [5.41, 5.74) is 22.8. The number of fused-ring (bicyclic) bond motifs is 7. The van der Waals surface area contributed by atoms with Gasteiger partial charge in [0.25, 0.3) is 0 Å². The molecule has 0 fully saturated rings. The second-order valence-corrected chi connectivity index (χ2v) is 25.1. The van der Waals surface area contributed by atoms with Crippen molar-refractivity contribution in [3.8, 4) is 78.5 Å². The molecular formula is C88H56N4O2S. The quantitative estimate of drug-likeness (QED) is 0.115. The molecule has 6 nitrogen and oxygen atoms in total. The van der Waals surface area contributed by atoms with Crippen molar-refractivity contribution >= 4 is 109 Å². The van der Waals surface area contributed by atoms with Crippen LogP contribution in [0, 0.1) is 0 Å². The Morgan fingerprint density at radius 3 is 1.46 bits per heavy atom. The minimum absolute atomic E-state index is 0.595. The van der Waals surface area contributed by atoms with Gasteiger partial charge in [-0.05, 0) is 170 Å². The number of benzene rings is 15. The van der Waals surface area contributed by atoms with E-state index in [1.807, 2.05) is 47.7 Å². The molecular weight excluding hydrogens is 1180 g/mol. The van der Waals surface area contributed by atoms with Gasteiger partial charge in [-0.2, -0.15) is 0 Å². The molecule has 0 radical (unpaired) electrons. The highest BCUT2D eigenvalue weighted by atomic mass is 32.1. The highest BCUT2D eigenvalue weighted by Gasteiger charge is 2.23. The van der Waals surface area contributed by atoms with Crippen molar-refractivity contribution in [2.75, 3.05) is 9.80 Å². The van der Waals surface area contributed by atoms with Gasteiger partial charge in [-0.25, -0.2) is 9.97 Å². The fourth-order valence-electron chi connectivity index (χ4n) is 13.7. The summed E-state index contributed by atoms with van der Waals surface area (Å²) in [6.07, 6.45) is 0. The Balaban J connectivity index is 0.679. The SMILES string of the molecule is c1ccc(-c2ccc3nc(-c4ccc(-c5ccccc5N(c5ccc(-c6cccc7sc8c(-c9ccc(N(c%10ccccc%10-c%10ccc(-c%11nc%12ccccc%12o%11)cc%10)c%10cccc%11ccccc%10%11)cc9)cccc8c67)cc5)c5ccc6ccccc6c5)cc4)oc3c2)cc1. The molecule has 3 aromatic heterocycles. The molecule has 7 heteroatoms. The number of hydrogen-bond acceptors (Lipinski definition) is 7. The summed E-state index contributed by atoms with van der Waals surface area (Å²) >= 11 is 1.86. The highest BCUT2D eigenvalue weighted by molar-refractivity contribution is 7.26. The van der Waals surface area contributed by atoms with E-state index in [0.717, 1.165) is 112 Å². The first kappa shape index (κ1) is 55.4. The molecule has 3 heterocycles. The Morgan fingerprint density at radius 1 is 0.263 bits per heavy atom. The van der Waals surface area contributed by atoms with E-state index < -0.39 is 0 Å². The lowest BCUT2D eigenvalue weighted by Crippen LogP contribution is -2.11. The van der Waals surface area contributed by atoms with Crippen molar-refractivity contribution in [3.63, 3.8) is 0 Å². The van der Waals surface area contributed by atoms with Gasteiger partial charge in [-0.1, -0.05) is 231 Å². The average molecular weight is 1230 g/mol. The van der Waals surface area contributed by atoms with Gasteiger partial charge in [-0.15, -0.1) is 11.3 Å². The van der Waals surface area contributed by atoms with E-state index in [1.165, 1.54) is 52.8 Å². The smallest absolute Gasteiger partial charge is 0.227 e. The van der Waals surface area contributed by atoms with Gasteiger partial charge < -0.3 is 18.6 Å². The zero-order chi connectivity index (χ0) is 62.8. The molecule has 0 spiro atoms. The number of oxazole rings is 2. The predicted molar refractivity (Wildman–Crippen MR) is 397 cm³/mol. The first-order valence-corrected chi connectivity index (χ1v) is 32.8. The first-order chi connectivity index (χ1) is 47.1. The molecule has 18 rings (SSSR count). The van der Waals surface area contributed by atoms with E-state index in [4.69, 9.17) is 18.8 Å². The number of hydrogen-bond donors (Lipinski definition) is 0. The molecule has 0 aliphatic heterocycles. The molecule has 0 amide bonds. The van der Waals surface area contributed by atoms with Gasteiger partial charge in [0.05, 0.1) is 17.1 Å². The van der Waals surface area contributed by atoms with Gasteiger partial charge in [0.1, 0.15) is 11.0 Å².